The monoisotopic (exact) mass is 354 g/mol. The van der Waals surface area contributed by atoms with E-state index >= 15 is 0 Å². The van der Waals surface area contributed by atoms with Crippen LogP contribution in [0.3, 0.4) is 0 Å². The fourth-order valence-corrected chi connectivity index (χ4v) is 2.86. The molecule has 1 N–H and O–H groups in total. The Hall–Kier alpha value is -1.66. The van der Waals surface area contributed by atoms with E-state index in [2.05, 4.69) is 26.3 Å². The molecule has 1 aromatic rings. The van der Waals surface area contributed by atoms with Crippen LogP contribution < -0.4 is 5.32 Å². The maximum absolute atomic E-state index is 12.7. The number of rotatable bonds is 7. The van der Waals surface area contributed by atoms with Crippen LogP contribution in [0, 0.1) is 11.8 Å². The molecular formula is C18H25F3N4. The predicted molar refractivity (Wildman–Crippen MR) is 91.0 cm³/mol. The Labute approximate surface area is 146 Å². The highest BCUT2D eigenvalue weighted by Crippen LogP contribution is 2.30. The third kappa shape index (κ3) is 5.41. The zero-order valence-corrected chi connectivity index (χ0v) is 14.6. The highest BCUT2D eigenvalue weighted by molar-refractivity contribution is 5.61. The number of nitrogens with one attached hydrogen (secondary N) is 1. The largest absolute Gasteiger partial charge is 0.391 e. The summed E-state index contributed by atoms with van der Waals surface area (Å²) in [7, 11) is 0. The first kappa shape index (κ1) is 18.1. The predicted octanol–water partition coefficient (Wildman–Crippen LogP) is 4.78. The molecule has 1 aromatic heterocycles. The van der Waals surface area contributed by atoms with Gasteiger partial charge in [-0.2, -0.15) is 23.1 Å². The Morgan fingerprint density at radius 3 is 2.64 bits per heavy atom. The fourth-order valence-electron chi connectivity index (χ4n) is 2.86. The van der Waals surface area contributed by atoms with Crippen molar-refractivity contribution in [3.8, 4) is 0 Å². The van der Waals surface area contributed by atoms with Crippen LogP contribution in [-0.4, -0.2) is 27.7 Å². The molecule has 3 rings (SSSR count). The number of allylic oxidation sites excluding steroid dienone is 2. The van der Waals surface area contributed by atoms with E-state index in [1.807, 2.05) is 0 Å². The number of hydrogen-bond donors (Lipinski definition) is 1. The lowest BCUT2D eigenvalue weighted by molar-refractivity contribution is -0.171. The number of aromatic nitrogens is 3. The molecule has 0 spiro atoms. The molecule has 2 aliphatic rings. The lowest BCUT2D eigenvalue weighted by atomic mass is 9.99. The van der Waals surface area contributed by atoms with Crippen LogP contribution in [0.1, 0.15) is 63.5 Å². The topological polar surface area (TPSA) is 50.7 Å². The van der Waals surface area contributed by atoms with Gasteiger partial charge in [-0.05, 0) is 56.4 Å². The molecule has 1 atom stereocenters. The zero-order chi connectivity index (χ0) is 17.9. The Kier molecular flexibility index (Phi) is 5.59. The van der Waals surface area contributed by atoms with Gasteiger partial charge in [-0.25, -0.2) is 4.98 Å². The van der Waals surface area contributed by atoms with Gasteiger partial charge in [0.2, 0.25) is 5.95 Å². The highest BCUT2D eigenvalue weighted by Gasteiger charge is 2.35. The maximum Gasteiger partial charge on any atom is 0.391 e. The first-order chi connectivity index (χ1) is 11.9. The second-order valence-electron chi connectivity index (χ2n) is 7.18. The van der Waals surface area contributed by atoms with Gasteiger partial charge in [-0.3, -0.25) is 0 Å². The smallest absolute Gasteiger partial charge is 0.354 e. The Balaban J connectivity index is 1.74. The maximum atomic E-state index is 12.7. The molecule has 0 radical (unpaired) electrons. The first-order valence-electron chi connectivity index (χ1n) is 9.17. The summed E-state index contributed by atoms with van der Waals surface area (Å²) in [6, 6.07) is 0. The van der Waals surface area contributed by atoms with Crippen molar-refractivity contribution in [3.63, 3.8) is 0 Å². The van der Waals surface area contributed by atoms with Crippen LogP contribution in [0.25, 0.3) is 5.57 Å². The molecule has 1 saturated carbocycles. The van der Waals surface area contributed by atoms with Crippen molar-refractivity contribution in [2.45, 2.75) is 64.5 Å². The molecule has 4 nitrogen and oxygen atoms in total. The van der Waals surface area contributed by atoms with E-state index in [9.17, 15) is 13.2 Å². The lowest BCUT2D eigenvalue weighted by Crippen LogP contribution is -2.21. The average Bonchev–Trinajstić information content (AvgIpc) is 3.42. The van der Waals surface area contributed by atoms with Gasteiger partial charge in [-0.15, -0.1) is 0 Å². The van der Waals surface area contributed by atoms with Gasteiger partial charge in [0, 0.05) is 13.0 Å². The Morgan fingerprint density at radius 1 is 1.20 bits per heavy atom. The SMILES string of the molecule is C[C@@H](CCc1nc(NCC2CC2)nc(C2=CCCCC2)n1)C(F)(F)F. The van der Waals surface area contributed by atoms with E-state index in [1.165, 1.54) is 19.8 Å². The number of nitrogens with zero attached hydrogens (tertiary/aromatic N) is 3. The van der Waals surface area contributed by atoms with Crippen LogP contribution in [0.15, 0.2) is 6.08 Å². The molecule has 0 unspecified atom stereocenters. The molecule has 0 aromatic carbocycles. The van der Waals surface area contributed by atoms with E-state index in [4.69, 9.17) is 0 Å². The van der Waals surface area contributed by atoms with E-state index in [-0.39, 0.29) is 12.8 Å². The molecular weight excluding hydrogens is 329 g/mol. The fraction of sp³-hybridized carbons (Fsp3) is 0.722. The van der Waals surface area contributed by atoms with Crippen molar-refractivity contribution in [1.29, 1.82) is 0 Å². The summed E-state index contributed by atoms with van der Waals surface area (Å²) in [6.07, 6.45) is 4.80. The second kappa shape index (κ2) is 7.70. The summed E-state index contributed by atoms with van der Waals surface area (Å²) < 4.78 is 38.2. The number of halogens is 3. The summed E-state index contributed by atoms with van der Waals surface area (Å²) in [6.45, 7) is 2.03. The number of aryl methyl sites for hydroxylation is 1. The van der Waals surface area contributed by atoms with Crippen LogP contribution in [0.5, 0.6) is 0 Å². The lowest BCUT2D eigenvalue weighted by Gasteiger charge is -2.16. The number of anilines is 1. The minimum Gasteiger partial charge on any atom is -0.354 e. The molecule has 0 amide bonds. The van der Waals surface area contributed by atoms with E-state index in [0.29, 0.717) is 23.5 Å². The van der Waals surface area contributed by atoms with Gasteiger partial charge in [0.1, 0.15) is 5.82 Å². The molecule has 1 fully saturated rings. The van der Waals surface area contributed by atoms with Crippen molar-refractivity contribution < 1.29 is 13.2 Å². The van der Waals surface area contributed by atoms with Crippen molar-refractivity contribution in [1.82, 2.24) is 15.0 Å². The quantitative estimate of drug-likeness (QED) is 0.765. The van der Waals surface area contributed by atoms with Gasteiger partial charge in [0.15, 0.2) is 5.82 Å². The molecule has 0 aliphatic heterocycles. The molecule has 2 aliphatic carbocycles. The van der Waals surface area contributed by atoms with Crippen molar-refractivity contribution >= 4 is 11.5 Å². The van der Waals surface area contributed by atoms with Crippen molar-refractivity contribution in [2.24, 2.45) is 11.8 Å². The van der Waals surface area contributed by atoms with Crippen LogP contribution in [0.2, 0.25) is 0 Å². The zero-order valence-electron chi connectivity index (χ0n) is 14.6. The van der Waals surface area contributed by atoms with Crippen LogP contribution >= 0.6 is 0 Å². The first-order valence-corrected chi connectivity index (χ1v) is 9.17. The summed E-state index contributed by atoms with van der Waals surface area (Å²) >= 11 is 0. The highest BCUT2D eigenvalue weighted by atomic mass is 19.4. The minimum absolute atomic E-state index is 0.00589. The van der Waals surface area contributed by atoms with Crippen molar-refractivity contribution in [3.05, 3.63) is 17.7 Å². The summed E-state index contributed by atoms with van der Waals surface area (Å²) in [4.78, 5) is 13.3. The van der Waals surface area contributed by atoms with E-state index < -0.39 is 12.1 Å². The number of alkyl halides is 3. The van der Waals surface area contributed by atoms with Gasteiger partial charge in [0.25, 0.3) is 0 Å². The number of hydrogen-bond acceptors (Lipinski definition) is 4. The summed E-state index contributed by atoms with van der Waals surface area (Å²) in [5.74, 6) is 0.888. The summed E-state index contributed by atoms with van der Waals surface area (Å²) in [5, 5.41) is 3.23. The molecule has 7 heteroatoms. The molecule has 138 valence electrons. The van der Waals surface area contributed by atoms with Crippen molar-refractivity contribution in [2.75, 3.05) is 11.9 Å². The van der Waals surface area contributed by atoms with Crippen LogP contribution in [-0.2, 0) is 6.42 Å². The molecule has 25 heavy (non-hydrogen) atoms. The van der Waals surface area contributed by atoms with E-state index in [1.54, 1.807) is 0 Å². The Morgan fingerprint density at radius 2 is 2.00 bits per heavy atom. The Bertz CT molecular complexity index is 623. The average molecular weight is 354 g/mol. The van der Waals surface area contributed by atoms with Gasteiger partial charge in [-0.1, -0.05) is 13.0 Å². The van der Waals surface area contributed by atoms with Gasteiger partial charge in [0.05, 0.1) is 5.92 Å². The molecule has 0 saturated heterocycles. The third-order valence-electron chi connectivity index (χ3n) is 4.87. The van der Waals surface area contributed by atoms with Gasteiger partial charge >= 0.3 is 6.18 Å². The van der Waals surface area contributed by atoms with E-state index in [0.717, 1.165) is 37.8 Å². The molecule has 0 bridgehead atoms. The minimum atomic E-state index is -4.17. The van der Waals surface area contributed by atoms with Crippen LogP contribution in [0.4, 0.5) is 19.1 Å². The molecule has 1 heterocycles. The second-order valence-corrected chi connectivity index (χ2v) is 7.18. The van der Waals surface area contributed by atoms with Gasteiger partial charge < -0.3 is 5.32 Å². The normalized spacial score (nSPS) is 19.4. The standard InChI is InChI=1S/C18H25F3N4/c1-12(18(19,20)21)7-10-15-23-16(14-5-3-2-4-6-14)25-17(24-15)22-11-13-8-9-13/h5,12-13H,2-4,6-11H2,1H3,(H,22,23,24,25)/t12-/m0/s1. The summed E-state index contributed by atoms with van der Waals surface area (Å²) in [5.41, 5.74) is 1.09. The third-order valence-corrected chi connectivity index (χ3v) is 4.87.